The molecule has 1 rings (SSSR count). The van der Waals surface area contributed by atoms with E-state index in [1.54, 1.807) is 0 Å². The van der Waals surface area contributed by atoms with Crippen LogP contribution >= 0.6 is 0 Å². The fourth-order valence-corrected chi connectivity index (χ4v) is 2.49. The molecule has 0 heterocycles. The maximum atomic E-state index is 9.91. The van der Waals surface area contributed by atoms with Gasteiger partial charge in [0, 0.05) is 16.4 Å². The molecule has 1 aliphatic carbocycles. The van der Waals surface area contributed by atoms with E-state index in [0.717, 1.165) is 19.3 Å². The number of aliphatic hydroxyl groups excluding tert-OH is 1. The first-order valence-corrected chi connectivity index (χ1v) is 6.59. The highest BCUT2D eigenvalue weighted by Crippen LogP contribution is 2.42. The van der Waals surface area contributed by atoms with E-state index in [-0.39, 0.29) is 16.9 Å². The summed E-state index contributed by atoms with van der Waals surface area (Å²) >= 11 is 0. The third-order valence-corrected chi connectivity index (χ3v) is 3.60. The highest BCUT2D eigenvalue weighted by molar-refractivity contribution is 5.41. The first kappa shape index (κ1) is 14.3. The molecule has 0 bridgehead atoms. The maximum absolute atomic E-state index is 9.91. The SMILES string of the molecule is CCC1(C)CC(O)CC(C)=C1C#CC(C)(C)C. The van der Waals surface area contributed by atoms with Gasteiger partial charge in [-0.2, -0.15) is 0 Å². The lowest BCUT2D eigenvalue weighted by molar-refractivity contribution is 0.108. The summed E-state index contributed by atoms with van der Waals surface area (Å²) in [5.74, 6) is 6.73. The van der Waals surface area contributed by atoms with Crippen LogP contribution in [0, 0.1) is 22.7 Å². The molecule has 1 heteroatoms. The Morgan fingerprint density at radius 1 is 1.41 bits per heavy atom. The minimum absolute atomic E-state index is 0.0397. The van der Waals surface area contributed by atoms with E-state index < -0.39 is 0 Å². The van der Waals surface area contributed by atoms with Crippen LogP contribution in [0.25, 0.3) is 0 Å². The Balaban J connectivity index is 3.15. The molecule has 0 amide bonds. The predicted octanol–water partition coefficient (Wildman–Crippen LogP) is 3.92. The van der Waals surface area contributed by atoms with Gasteiger partial charge in [-0.15, -0.1) is 0 Å². The lowest BCUT2D eigenvalue weighted by atomic mass is 9.68. The molecular weight excluding hydrogens is 208 g/mol. The maximum Gasteiger partial charge on any atom is 0.0586 e. The van der Waals surface area contributed by atoms with E-state index in [0.29, 0.717) is 0 Å². The molecule has 1 N–H and O–H groups in total. The number of hydrogen-bond acceptors (Lipinski definition) is 1. The van der Waals surface area contributed by atoms with Crippen molar-refractivity contribution in [3.8, 4) is 11.8 Å². The van der Waals surface area contributed by atoms with Crippen molar-refractivity contribution in [2.45, 2.75) is 66.9 Å². The average molecular weight is 234 g/mol. The predicted molar refractivity (Wildman–Crippen MR) is 73.6 cm³/mol. The van der Waals surface area contributed by atoms with Gasteiger partial charge in [0.05, 0.1) is 6.10 Å². The van der Waals surface area contributed by atoms with Crippen molar-refractivity contribution >= 4 is 0 Å². The standard InChI is InChI=1S/C16H26O/c1-7-16(6)11-13(17)10-12(2)14(16)8-9-15(3,4)5/h13,17H,7,10-11H2,1-6H3. The Hall–Kier alpha value is -0.740. The van der Waals surface area contributed by atoms with Crippen molar-refractivity contribution in [1.29, 1.82) is 0 Å². The largest absolute Gasteiger partial charge is 0.393 e. The topological polar surface area (TPSA) is 20.2 Å². The number of hydrogen-bond donors (Lipinski definition) is 1. The van der Waals surface area contributed by atoms with E-state index in [2.05, 4.69) is 53.4 Å². The lowest BCUT2D eigenvalue weighted by Gasteiger charge is -2.37. The van der Waals surface area contributed by atoms with Gasteiger partial charge < -0.3 is 5.11 Å². The van der Waals surface area contributed by atoms with Gasteiger partial charge in [0.1, 0.15) is 0 Å². The van der Waals surface area contributed by atoms with Gasteiger partial charge in [0.2, 0.25) is 0 Å². The summed E-state index contributed by atoms with van der Waals surface area (Å²) in [7, 11) is 0. The Morgan fingerprint density at radius 2 is 2.00 bits per heavy atom. The molecule has 0 aromatic heterocycles. The molecular formula is C16H26O. The third kappa shape index (κ3) is 3.61. The highest BCUT2D eigenvalue weighted by atomic mass is 16.3. The van der Waals surface area contributed by atoms with Gasteiger partial charge in [-0.25, -0.2) is 0 Å². The minimum Gasteiger partial charge on any atom is -0.393 e. The number of rotatable bonds is 1. The Bertz CT molecular complexity index is 373. The van der Waals surface area contributed by atoms with Crippen LogP contribution in [0.2, 0.25) is 0 Å². The third-order valence-electron chi connectivity index (χ3n) is 3.60. The van der Waals surface area contributed by atoms with E-state index in [9.17, 15) is 5.11 Å². The van der Waals surface area contributed by atoms with Crippen molar-refractivity contribution in [3.63, 3.8) is 0 Å². The molecule has 1 aliphatic rings. The van der Waals surface area contributed by atoms with Crippen LogP contribution in [0.15, 0.2) is 11.1 Å². The summed E-state index contributed by atoms with van der Waals surface area (Å²) < 4.78 is 0. The van der Waals surface area contributed by atoms with Crippen molar-refractivity contribution in [2.75, 3.05) is 0 Å². The summed E-state index contributed by atoms with van der Waals surface area (Å²) in [6.07, 6.45) is 2.47. The van der Waals surface area contributed by atoms with Crippen molar-refractivity contribution in [1.82, 2.24) is 0 Å². The Labute approximate surface area is 106 Å². The molecule has 2 atom stereocenters. The van der Waals surface area contributed by atoms with Crippen molar-refractivity contribution < 1.29 is 5.11 Å². The fraction of sp³-hybridized carbons (Fsp3) is 0.750. The van der Waals surface area contributed by atoms with E-state index in [1.165, 1.54) is 11.1 Å². The summed E-state index contributed by atoms with van der Waals surface area (Å²) in [4.78, 5) is 0. The van der Waals surface area contributed by atoms with E-state index in [4.69, 9.17) is 0 Å². The lowest BCUT2D eigenvalue weighted by Crippen LogP contribution is -2.30. The van der Waals surface area contributed by atoms with Crippen LogP contribution in [-0.4, -0.2) is 11.2 Å². The summed E-state index contributed by atoms with van der Waals surface area (Å²) in [6, 6.07) is 0. The molecule has 0 spiro atoms. The monoisotopic (exact) mass is 234 g/mol. The van der Waals surface area contributed by atoms with Crippen LogP contribution in [-0.2, 0) is 0 Å². The molecule has 1 nitrogen and oxygen atoms in total. The van der Waals surface area contributed by atoms with Crippen LogP contribution in [0.5, 0.6) is 0 Å². The van der Waals surface area contributed by atoms with Crippen molar-refractivity contribution in [2.24, 2.45) is 10.8 Å². The van der Waals surface area contributed by atoms with Gasteiger partial charge >= 0.3 is 0 Å². The number of aliphatic hydroxyl groups is 1. The van der Waals surface area contributed by atoms with E-state index in [1.807, 2.05) is 0 Å². The molecule has 0 radical (unpaired) electrons. The average Bonchev–Trinajstić information content (AvgIpc) is 2.14. The van der Waals surface area contributed by atoms with Gasteiger partial charge in [0.15, 0.2) is 0 Å². The normalized spacial score (nSPS) is 29.9. The molecule has 17 heavy (non-hydrogen) atoms. The van der Waals surface area contributed by atoms with Crippen LogP contribution in [0.3, 0.4) is 0 Å². The molecule has 0 aromatic rings. The van der Waals surface area contributed by atoms with Crippen LogP contribution in [0.1, 0.15) is 60.8 Å². The van der Waals surface area contributed by atoms with Gasteiger partial charge in [-0.05, 0) is 47.0 Å². The second-order valence-corrected chi connectivity index (χ2v) is 6.63. The summed E-state index contributed by atoms with van der Waals surface area (Å²) in [6.45, 7) is 12.9. The number of allylic oxidation sites excluding steroid dienone is 1. The Kier molecular flexibility index (Phi) is 4.10. The first-order chi connectivity index (χ1) is 7.68. The molecule has 0 aromatic carbocycles. The molecule has 96 valence electrons. The minimum atomic E-state index is -0.194. The van der Waals surface area contributed by atoms with E-state index >= 15 is 0 Å². The smallest absolute Gasteiger partial charge is 0.0586 e. The zero-order chi connectivity index (χ0) is 13.3. The summed E-state index contributed by atoms with van der Waals surface area (Å²) in [5.41, 5.74) is 2.63. The van der Waals surface area contributed by atoms with Gasteiger partial charge in [-0.1, -0.05) is 31.3 Å². The van der Waals surface area contributed by atoms with Crippen LogP contribution < -0.4 is 0 Å². The molecule has 0 saturated carbocycles. The zero-order valence-corrected chi connectivity index (χ0v) is 12.1. The zero-order valence-electron chi connectivity index (χ0n) is 12.1. The molecule has 0 aliphatic heterocycles. The second kappa shape index (κ2) is 4.86. The molecule has 0 saturated heterocycles. The molecule has 2 unspecified atom stereocenters. The Morgan fingerprint density at radius 3 is 2.47 bits per heavy atom. The fourth-order valence-electron chi connectivity index (χ4n) is 2.49. The van der Waals surface area contributed by atoms with Gasteiger partial charge in [0.25, 0.3) is 0 Å². The van der Waals surface area contributed by atoms with Crippen LogP contribution in [0.4, 0.5) is 0 Å². The van der Waals surface area contributed by atoms with Crippen molar-refractivity contribution in [3.05, 3.63) is 11.1 Å². The summed E-state index contributed by atoms with van der Waals surface area (Å²) in [5, 5.41) is 9.91. The van der Waals surface area contributed by atoms with Gasteiger partial charge in [-0.3, -0.25) is 0 Å². The molecule has 0 fully saturated rings. The quantitative estimate of drug-likeness (QED) is 0.682. The first-order valence-electron chi connectivity index (χ1n) is 6.59. The second-order valence-electron chi connectivity index (χ2n) is 6.63. The highest BCUT2D eigenvalue weighted by Gasteiger charge is 2.34.